The molecule has 184 valence electrons. The Balaban J connectivity index is 0.000000201. The van der Waals surface area contributed by atoms with Crippen LogP contribution in [0.2, 0.25) is 0 Å². The maximum Gasteiger partial charge on any atom is 0.139 e. The molecule has 0 radical (unpaired) electrons. The summed E-state index contributed by atoms with van der Waals surface area (Å²) < 4.78 is 1.91. The second-order valence-corrected chi connectivity index (χ2v) is 9.42. The maximum atomic E-state index is 10.7. The number of hydrogen-bond acceptors (Lipinski definition) is 7. The number of carbonyl (C=O) groups excluding carboxylic acids is 1. The fourth-order valence-corrected chi connectivity index (χ4v) is 4.26. The summed E-state index contributed by atoms with van der Waals surface area (Å²) in [6.45, 7) is 9.51. The van der Waals surface area contributed by atoms with Gasteiger partial charge in [-0.05, 0) is 57.5 Å². The van der Waals surface area contributed by atoms with Gasteiger partial charge in [0.1, 0.15) is 12.1 Å². The van der Waals surface area contributed by atoms with Gasteiger partial charge < -0.3 is 15.4 Å². The largest absolute Gasteiger partial charge is 0.363 e. The van der Waals surface area contributed by atoms with E-state index in [1.807, 2.05) is 35.2 Å². The number of aromatic nitrogens is 2. The standard InChI is InChI=1S/C18H24N4O.C9H11N3/c1-14-3-5-15(6-4-14)22-17(20-11-12-23)13-16(21-22)18(2)7-9-19-10-8-18;1-8-6-11-12-5-3-2-4-10-9(8)7-12/h3-6,12-13,19-20H,7-11H2,1-2H3;3-6H,2,7H2,1H3/b;5-3-,10-4?. The van der Waals surface area contributed by atoms with E-state index in [-0.39, 0.29) is 12.0 Å². The number of nitrogens with zero attached hydrogens (tertiary/aromatic N) is 5. The van der Waals surface area contributed by atoms with Crippen LogP contribution >= 0.6 is 0 Å². The van der Waals surface area contributed by atoms with E-state index < -0.39 is 0 Å². The SMILES string of the molecule is CC1=C2CN(/C=C\CC=N2)N=C1.Cc1ccc(-n2nc(C3(C)CCNCC3)cc2NCC=O)cc1. The molecule has 0 amide bonds. The zero-order chi connectivity index (χ0) is 24.7. The predicted octanol–water partition coefficient (Wildman–Crippen LogP) is 3.98. The summed E-state index contributed by atoms with van der Waals surface area (Å²) in [5, 5.41) is 17.6. The molecule has 0 spiro atoms. The van der Waals surface area contributed by atoms with Crippen LogP contribution in [-0.4, -0.2) is 59.7 Å². The number of aldehydes is 1. The molecule has 8 heteroatoms. The Kier molecular flexibility index (Phi) is 7.92. The van der Waals surface area contributed by atoms with Gasteiger partial charge in [0, 0.05) is 30.3 Å². The van der Waals surface area contributed by atoms with Crippen molar-refractivity contribution >= 4 is 24.5 Å². The third-order valence-electron chi connectivity index (χ3n) is 6.61. The Morgan fingerprint density at radius 1 is 1.17 bits per heavy atom. The summed E-state index contributed by atoms with van der Waals surface area (Å²) in [5.41, 5.74) is 5.68. The number of allylic oxidation sites excluding steroid dienone is 2. The van der Waals surface area contributed by atoms with E-state index in [4.69, 9.17) is 5.10 Å². The Morgan fingerprint density at radius 3 is 2.69 bits per heavy atom. The van der Waals surface area contributed by atoms with Crippen molar-refractivity contribution in [3.05, 3.63) is 65.1 Å². The number of aliphatic imine (C=N–C) groups is 1. The van der Waals surface area contributed by atoms with Gasteiger partial charge in [0.25, 0.3) is 0 Å². The average Bonchev–Trinajstić information content (AvgIpc) is 3.29. The van der Waals surface area contributed by atoms with E-state index in [0.29, 0.717) is 0 Å². The van der Waals surface area contributed by atoms with Crippen LogP contribution in [0.5, 0.6) is 0 Å². The number of anilines is 1. The molecule has 1 aromatic carbocycles. The summed E-state index contributed by atoms with van der Waals surface area (Å²) >= 11 is 0. The molecule has 1 fully saturated rings. The van der Waals surface area contributed by atoms with Crippen molar-refractivity contribution in [3.8, 4) is 5.69 Å². The first kappa shape index (κ1) is 24.6. The lowest BCUT2D eigenvalue weighted by Crippen LogP contribution is -2.38. The van der Waals surface area contributed by atoms with Gasteiger partial charge >= 0.3 is 0 Å². The van der Waals surface area contributed by atoms with Crippen LogP contribution in [0.1, 0.15) is 44.4 Å². The summed E-state index contributed by atoms with van der Waals surface area (Å²) in [6, 6.07) is 10.4. The van der Waals surface area contributed by atoms with Gasteiger partial charge in [-0.15, -0.1) is 0 Å². The molecular weight excluding hydrogens is 438 g/mol. The lowest BCUT2D eigenvalue weighted by atomic mass is 9.78. The van der Waals surface area contributed by atoms with Crippen molar-refractivity contribution in [3.63, 3.8) is 0 Å². The second-order valence-electron chi connectivity index (χ2n) is 9.42. The van der Waals surface area contributed by atoms with E-state index in [1.165, 1.54) is 5.56 Å². The van der Waals surface area contributed by atoms with Crippen LogP contribution in [0, 0.1) is 6.92 Å². The number of nitrogens with one attached hydrogen (secondary N) is 2. The zero-order valence-electron chi connectivity index (χ0n) is 20.9. The zero-order valence-corrected chi connectivity index (χ0v) is 20.9. The number of fused-ring (bicyclic) bond motifs is 2. The van der Waals surface area contributed by atoms with Crippen LogP contribution in [0.3, 0.4) is 0 Å². The molecule has 0 unspecified atom stereocenters. The number of rotatable bonds is 5. The van der Waals surface area contributed by atoms with Gasteiger partial charge in [-0.25, -0.2) is 4.68 Å². The summed E-state index contributed by atoms with van der Waals surface area (Å²) in [6.07, 6.45) is 11.8. The first-order valence-electron chi connectivity index (χ1n) is 12.2. The normalized spacial score (nSPS) is 19.3. The number of carbonyl (C=O) groups is 1. The number of benzene rings is 1. The van der Waals surface area contributed by atoms with Crippen molar-refractivity contribution in [1.29, 1.82) is 0 Å². The Labute approximate surface area is 207 Å². The molecule has 4 heterocycles. The number of hydrogen-bond donors (Lipinski definition) is 2. The Bertz CT molecular complexity index is 1130. The highest BCUT2D eigenvalue weighted by atomic mass is 16.1. The summed E-state index contributed by atoms with van der Waals surface area (Å²) in [7, 11) is 0. The molecule has 0 aliphatic carbocycles. The van der Waals surface area contributed by atoms with E-state index in [1.54, 1.807) is 0 Å². The molecule has 3 aliphatic heterocycles. The third-order valence-corrected chi connectivity index (χ3v) is 6.61. The molecule has 1 saturated heterocycles. The highest BCUT2D eigenvalue weighted by molar-refractivity contribution is 5.80. The van der Waals surface area contributed by atoms with Gasteiger partial charge in [-0.3, -0.25) is 10.0 Å². The second kappa shape index (κ2) is 11.3. The average molecular weight is 474 g/mol. The smallest absolute Gasteiger partial charge is 0.139 e. The molecule has 2 aromatic rings. The lowest BCUT2D eigenvalue weighted by molar-refractivity contribution is -0.106. The summed E-state index contributed by atoms with van der Waals surface area (Å²) in [4.78, 5) is 15.1. The molecule has 5 rings (SSSR count). The number of hydrazone groups is 1. The van der Waals surface area contributed by atoms with Crippen molar-refractivity contribution in [2.75, 3.05) is 31.5 Å². The number of piperidine rings is 1. The number of aryl methyl sites for hydroxylation is 1. The maximum absolute atomic E-state index is 10.7. The highest BCUT2D eigenvalue weighted by Gasteiger charge is 2.32. The van der Waals surface area contributed by atoms with E-state index in [9.17, 15) is 4.79 Å². The van der Waals surface area contributed by atoms with Crippen molar-refractivity contribution in [2.45, 2.75) is 45.4 Å². The van der Waals surface area contributed by atoms with Crippen LogP contribution in [0.25, 0.3) is 5.69 Å². The lowest BCUT2D eigenvalue weighted by Gasteiger charge is -2.32. The molecule has 0 saturated carbocycles. The Hall–Kier alpha value is -3.52. The molecule has 8 nitrogen and oxygen atoms in total. The summed E-state index contributed by atoms with van der Waals surface area (Å²) in [5.74, 6) is 0.871. The molecule has 1 aromatic heterocycles. The monoisotopic (exact) mass is 473 g/mol. The van der Waals surface area contributed by atoms with Crippen molar-refractivity contribution in [1.82, 2.24) is 20.1 Å². The van der Waals surface area contributed by atoms with Gasteiger partial charge in [-0.2, -0.15) is 10.2 Å². The molecule has 3 aliphatic rings. The minimum atomic E-state index is 0.0821. The van der Waals surface area contributed by atoms with Crippen LogP contribution < -0.4 is 10.6 Å². The minimum absolute atomic E-state index is 0.0821. The fraction of sp³-hybridized carbons (Fsp3) is 0.407. The Morgan fingerprint density at radius 2 is 1.94 bits per heavy atom. The van der Waals surface area contributed by atoms with Crippen molar-refractivity contribution in [2.24, 2.45) is 10.1 Å². The predicted molar refractivity (Wildman–Crippen MR) is 142 cm³/mol. The molecule has 35 heavy (non-hydrogen) atoms. The van der Waals surface area contributed by atoms with Crippen LogP contribution in [0.15, 0.2) is 64.0 Å². The molecule has 2 N–H and O–H groups in total. The van der Waals surface area contributed by atoms with E-state index in [2.05, 4.69) is 71.0 Å². The van der Waals surface area contributed by atoms with Gasteiger partial charge in [-0.1, -0.05) is 30.7 Å². The first-order chi connectivity index (χ1) is 17.0. The van der Waals surface area contributed by atoms with Crippen LogP contribution in [0.4, 0.5) is 5.82 Å². The fourth-order valence-electron chi connectivity index (χ4n) is 4.26. The van der Waals surface area contributed by atoms with Gasteiger partial charge in [0.15, 0.2) is 0 Å². The van der Waals surface area contributed by atoms with E-state index >= 15 is 0 Å². The topological polar surface area (TPSA) is 86.9 Å². The molecule has 0 atom stereocenters. The van der Waals surface area contributed by atoms with Gasteiger partial charge in [0.2, 0.25) is 0 Å². The first-order valence-corrected chi connectivity index (χ1v) is 12.2. The van der Waals surface area contributed by atoms with E-state index in [0.717, 1.165) is 73.7 Å². The molecular formula is C27H35N7O. The highest BCUT2D eigenvalue weighted by Crippen LogP contribution is 2.34. The van der Waals surface area contributed by atoms with Crippen LogP contribution in [-0.2, 0) is 10.2 Å². The third kappa shape index (κ3) is 6.14. The minimum Gasteiger partial charge on any atom is -0.363 e. The quantitative estimate of drug-likeness (QED) is 0.642. The van der Waals surface area contributed by atoms with Crippen molar-refractivity contribution < 1.29 is 4.79 Å². The van der Waals surface area contributed by atoms with Gasteiger partial charge in [0.05, 0.1) is 36.4 Å². The molecule has 2 bridgehead atoms.